The molecule has 20 heavy (non-hydrogen) atoms. The van der Waals surface area contributed by atoms with Gasteiger partial charge in [0, 0.05) is 18.3 Å². The van der Waals surface area contributed by atoms with E-state index >= 15 is 0 Å². The second-order valence-electron chi connectivity index (χ2n) is 4.67. The summed E-state index contributed by atoms with van der Waals surface area (Å²) in [5.41, 5.74) is 1.08. The van der Waals surface area contributed by atoms with E-state index in [0.29, 0.717) is 25.9 Å². The first kappa shape index (κ1) is 16.2. The van der Waals surface area contributed by atoms with Crippen molar-refractivity contribution < 1.29 is 14.3 Å². The Balaban J connectivity index is 2.58. The van der Waals surface area contributed by atoms with Crippen LogP contribution in [0.25, 0.3) is 0 Å². The Labute approximate surface area is 120 Å². The fourth-order valence-electron chi connectivity index (χ4n) is 2.28. The number of aldehydes is 1. The maximum Gasteiger partial charge on any atom is 0.305 e. The van der Waals surface area contributed by atoms with Crippen LogP contribution in [0.2, 0.25) is 0 Å². The summed E-state index contributed by atoms with van der Waals surface area (Å²) in [6.07, 6.45) is 4.44. The fourth-order valence-corrected chi connectivity index (χ4v) is 2.28. The molecule has 0 spiro atoms. The molecule has 0 fully saturated rings. The van der Waals surface area contributed by atoms with Gasteiger partial charge in [0.15, 0.2) is 0 Å². The molecule has 3 heteroatoms. The molecule has 1 aromatic rings. The van der Waals surface area contributed by atoms with Crippen LogP contribution in [0.3, 0.4) is 0 Å². The standard InChI is InChI=1S/C17H22O3/c1-3-16(14-9-6-5-7-10-14)15(13-18)11-8-12-17(19)20-4-2/h3,5-7,9-10,13,15-16H,1,4,8,11-12H2,2H3/t15-,16+/m1/s1. The lowest BCUT2D eigenvalue weighted by atomic mass is 9.84. The Hall–Kier alpha value is -1.90. The Morgan fingerprint density at radius 2 is 2.05 bits per heavy atom. The first-order chi connectivity index (χ1) is 9.72. The number of carbonyl (C=O) groups is 2. The van der Waals surface area contributed by atoms with Gasteiger partial charge in [-0.25, -0.2) is 0 Å². The van der Waals surface area contributed by atoms with Crippen molar-refractivity contribution in [3.63, 3.8) is 0 Å². The zero-order valence-corrected chi connectivity index (χ0v) is 12.0. The SMILES string of the molecule is C=C[C@@H](c1ccccc1)[C@@H](C=O)CCCC(=O)OCC. The van der Waals surface area contributed by atoms with Crippen molar-refractivity contribution in [1.29, 1.82) is 0 Å². The second kappa shape index (κ2) is 9.08. The maximum atomic E-state index is 11.3. The zero-order chi connectivity index (χ0) is 14.8. The predicted octanol–water partition coefficient (Wildman–Crippen LogP) is 3.50. The van der Waals surface area contributed by atoms with Crippen molar-refractivity contribution in [3.8, 4) is 0 Å². The smallest absolute Gasteiger partial charge is 0.305 e. The molecule has 0 saturated carbocycles. The fraction of sp³-hybridized carbons (Fsp3) is 0.412. The molecule has 3 nitrogen and oxygen atoms in total. The largest absolute Gasteiger partial charge is 0.466 e. The lowest BCUT2D eigenvalue weighted by Crippen LogP contribution is -2.14. The molecule has 0 heterocycles. The highest BCUT2D eigenvalue weighted by Gasteiger charge is 2.20. The molecule has 1 aromatic carbocycles. The van der Waals surface area contributed by atoms with E-state index in [0.717, 1.165) is 11.8 Å². The monoisotopic (exact) mass is 274 g/mol. The summed E-state index contributed by atoms with van der Waals surface area (Å²) >= 11 is 0. The van der Waals surface area contributed by atoms with Crippen molar-refractivity contribution in [2.75, 3.05) is 6.61 Å². The van der Waals surface area contributed by atoms with Crippen molar-refractivity contribution in [2.24, 2.45) is 5.92 Å². The van der Waals surface area contributed by atoms with E-state index in [1.807, 2.05) is 30.3 Å². The molecule has 0 aliphatic rings. The number of hydrogen-bond donors (Lipinski definition) is 0. The van der Waals surface area contributed by atoms with Crippen LogP contribution in [0.15, 0.2) is 43.0 Å². The molecule has 0 amide bonds. The number of esters is 1. The molecule has 0 saturated heterocycles. The van der Waals surface area contributed by atoms with Crippen LogP contribution in [0.1, 0.15) is 37.7 Å². The van der Waals surface area contributed by atoms with E-state index in [1.54, 1.807) is 13.0 Å². The average molecular weight is 274 g/mol. The third-order valence-corrected chi connectivity index (χ3v) is 3.30. The van der Waals surface area contributed by atoms with Crippen LogP contribution in [0, 0.1) is 5.92 Å². The summed E-state index contributed by atoms with van der Waals surface area (Å²) in [6.45, 7) is 6.01. The van der Waals surface area contributed by atoms with Gasteiger partial charge in [-0.3, -0.25) is 4.79 Å². The normalized spacial score (nSPS) is 13.2. The van der Waals surface area contributed by atoms with Gasteiger partial charge in [0.2, 0.25) is 0 Å². The number of benzene rings is 1. The highest BCUT2D eigenvalue weighted by Crippen LogP contribution is 2.28. The molecule has 108 valence electrons. The highest BCUT2D eigenvalue weighted by molar-refractivity contribution is 5.69. The van der Waals surface area contributed by atoms with Gasteiger partial charge >= 0.3 is 5.97 Å². The van der Waals surface area contributed by atoms with E-state index in [4.69, 9.17) is 4.74 Å². The van der Waals surface area contributed by atoms with E-state index < -0.39 is 0 Å². The van der Waals surface area contributed by atoms with E-state index in [2.05, 4.69) is 6.58 Å². The lowest BCUT2D eigenvalue weighted by molar-refractivity contribution is -0.143. The number of allylic oxidation sites excluding steroid dienone is 1. The second-order valence-corrected chi connectivity index (χ2v) is 4.67. The summed E-state index contributed by atoms with van der Waals surface area (Å²) in [5.74, 6) is -0.354. The van der Waals surface area contributed by atoms with Crippen LogP contribution >= 0.6 is 0 Å². The van der Waals surface area contributed by atoms with Gasteiger partial charge < -0.3 is 9.53 Å². The quantitative estimate of drug-likeness (QED) is 0.393. The minimum absolute atomic E-state index is 0.00380. The van der Waals surface area contributed by atoms with Crippen molar-refractivity contribution in [1.82, 2.24) is 0 Å². The average Bonchev–Trinajstić information content (AvgIpc) is 2.47. The van der Waals surface area contributed by atoms with Crippen molar-refractivity contribution >= 4 is 12.3 Å². The molecule has 0 unspecified atom stereocenters. The van der Waals surface area contributed by atoms with Gasteiger partial charge in [-0.2, -0.15) is 0 Å². The van der Waals surface area contributed by atoms with Crippen LogP contribution < -0.4 is 0 Å². The molecule has 0 N–H and O–H groups in total. The Morgan fingerprint density at radius 1 is 1.35 bits per heavy atom. The van der Waals surface area contributed by atoms with E-state index in [-0.39, 0.29) is 17.8 Å². The summed E-state index contributed by atoms with van der Waals surface area (Å²) in [5, 5.41) is 0. The molecule has 0 radical (unpaired) electrons. The Kier molecular flexibility index (Phi) is 7.33. The van der Waals surface area contributed by atoms with E-state index in [9.17, 15) is 9.59 Å². The minimum Gasteiger partial charge on any atom is -0.466 e. The summed E-state index contributed by atoms with van der Waals surface area (Å²) in [4.78, 5) is 22.6. The molecular weight excluding hydrogens is 252 g/mol. The van der Waals surface area contributed by atoms with Gasteiger partial charge in [-0.05, 0) is 25.3 Å². The minimum atomic E-state index is -0.202. The third kappa shape index (κ3) is 5.00. The number of ether oxygens (including phenoxy) is 1. The summed E-state index contributed by atoms with van der Waals surface area (Å²) < 4.78 is 4.88. The number of carbonyl (C=O) groups excluding carboxylic acids is 2. The van der Waals surface area contributed by atoms with E-state index in [1.165, 1.54) is 0 Å². The predicted molar refractivity (Wildman–Crippen MR) is 79.4 cm³/mol. The van der Waals surface area contributed by atoms with Crippen LogP contribution in [-0.2, 0) is 14.3 Å². The van der Waals surface area contributed by atoms with Crippen LogP contribution in [0.5, 0.6) is 0 Å². The molecule has 1 rings (SSSR count). The maximum absolute atomic E-state index is 11.3. The molecule has 0 bridgehead atoms. The number of hydrogen-bond acceptors (Lipinski definition) is 3. The van der Waals surface area contributed by atoms with Crippen molar-refractivity contribution in [2.45, 2.75) is 32.1 Å². The molecule has 0 aromatic heterocycles. The molecular formula is C17H22O3. The van der Waals surface area contributed by atoms with Gasteiger partial charge in [-0.1, -0.05) is 36.4 Å². The van der Waals surface area contributed by atoms with Crippen molar-refractivity contribution in [3.05, 3.63) is 48.6 Å². The Morgan fingerprint density at radius 3 is 2.60 bits per heavy atom. The third-order valence-electron chi connectivity index (χ3n) is 3.30. The van der Waals surface area contributed by atoms with Gasteiger partial charge in [0.25, 0.3) is 0 Å². The lowest BCUT2D eigenvalue weighted by Gasteiger charge is -2.19. The van der Waals surface area contributed by atoms with Crippen LogP contribution in [0.4, 0.5) is 0 Å². The summed E-state index contributed by atoms with van der Waals surface area (Å²) in [6, 6.07) is 9.83. The molecule has 0 aliphatic heterocycles. The first-order valence-corrected chi connectivity index (χ1v) is 7.01. The van der Waals surface area contributed by atoms with Gasteiger partial charge in [0.1, 0.15) is 6.29 Å². The zero-order valence-electron chi connectivity index (χ0n) is 12.0. The topological polar surface area (TPSA) is 43.4 Å². The van der Waals surface area contributed by atoms with Gasteiger partial charge in [0.05, 0.1) is 6.61 Å². The first-order valence-electron chi connectivity index (χ1n) is 7.01. The van der Waals surface area contributed by atoms with Crippen LogP contribution in [-0.4, -0.2) is 18.9 Å². The number of rotatable bonds is 9. The summed E-state index contributed by atoms with van der Waals surface area (Å²) in [7, 11) is 0. The highest BCUT2D eigenvalue weighted by atomic mass is 16.5. The Bertz CT molecular complexity index is 425. The molecule has 2 atom stereocenters. The molecule has 0 aliphatic carbocycles. The van der Waals surface area contributed by atoms with Gasteiger partial charge in [-0.15, -0.1) is 6.58 Å².